The first kappa shape index (κ1) is 18.2. The quantitative estimate of drug-likeness (QED) is 0.520. The van der Waals surface area contributed by atoms with Crippen LogP contribution < -0.4 is 5.32 Å². The van der Waals surface area contributed by atoms with Crippen LogP contribution in [0.4, 0.5) is 0 Å². The molecule has 1 N–H and O–H groups in total. The minimum absolute atomic E-state index is 0.533. The van der Waals surface area contributed by atoms with E-state index in [1.165, 1.54) is 67.2 Å². The van der Waals surface area contributed by atoms with Crippen LogP contribution in [0.2, 0.25) is 0 Å². The monoisotopic (exact) mass is 289 g/mol. The van der Waals surface area contributed by atoms with Crippen molar-refractivity contribution >= 4 is 0 Å². The molecule has 0 fully saturated rings. The second kappa shape index (κ2) is 10.00. The molecule has 1 unspecified atom stereocenters. The van der Waals surface area contributed by atoms with Crippen molar-refractivity contribution in [1.82, 2.24) is 5.32 Å². The largest absolute Gasteiger partial charge is 0.310 e. The van der Waals surface area contributed by atoms with Crippen molar-refractivity contribution in [1.29, 1.82) is 0 Å². The van der Waals surface area contributed by atoms with E-state index in [1.807, 2.05) is 0 Å². The molecule has 1 aromatic carbocycles. The Morgan fingerprint density at radius 2 is 1.48 bits per heavy atom. The highest BCUT2D eigenvalue weighted by Gasteiger charge is 2.13. The van der Waals surface area contributed by atoms with E-state index in [2.05, 4.69) is 52.1 Å². The summed E-state index contributed by atoms with van der Waals surface area (Å²) < 4.78 is 0. The smallest absolute Gasteiger partial charge is 0.0322 e. The molecule has 1 nitrogen and oxygen atoms in total. The van der Waals surface area contributed by atoms with E-state index in [0.717, 1.165) is 6.54 Å². The molecule has 0 spiro atoms. The van der Waals surface area contributed by atoms with Crippen molar-refractivity contribution in [2.45, 2.75) is 85.6 Å². The van der Waals surface area contributed by atoms with E-state index in [1.54, 1.807) is 0 Å². The number of aryl methyl sites for hydroxylation is 3. The third-order valence-corrected chi connectivity index (χ3v) is 4.49. The number of hydrogen-bond donors (Lipinski definition) is 1. The first-order chi connectivity index (χ1) is 10.1. The van der Waals surface area contributed by atoms with Crippen molar-refractivity contribution in [2.24, 2.45) is 0 Å². The predicted molar refractivity (Wildman–Crippen MR) is 95.1 cm³/mol. The molecule has 0 aliphatic rings. The Kier molecular flexibility index (Phi) is 8.68. The minimum Gasteiger partial charge on any atom is -0.310 e. The first-order valence-electron chi connectivity index (χ1n) is 8.91. The van der Waals surface area contributed by atoms with Gasteiger partial charge in [-0.1, -0.05) is 58.1 Å². The van der Waals surface area contributed by atoms with Crippen LogP contribution in [0.25, 0.3) is 0 Å². The summed E-state index contributed by atoms with van der Waals surface area (Å²) >= 11 is 0. The van der Waals surface area contributed by atoms with Crippen molar-refractivity contribution in [3.8, 4) is 0 Å². The molecular weight excluding hydrogens is 254 g/mol. The molecule has 120 valence electrons. The summed E-state index contributed by atoms with van der Waals surface area (Å²) in [4.78, 5) is 0. The highest BCUT2D eigenvalue weighted by molar-refractivity contribution is 5.38. The molecule has 0 saturated heterocycles. The summed E-state index contributed by atoms with van der Waals surface area (Å²) in [5.41, 5.74) is 5.79. The molecule has 0 amide bonds. The van der Waals surface area contributed by atoms with Crippen LogP contribution in [-0.2, 0) is 0 Å². The molecule has 1 aromatic rings. The molecule has 0 heterocycles. The molecule has 0 aliphatic heterocycles. The Morgan fingerprint density at radius 1 is 0.810 bits per heavy atom. The van der Waals surface area contributed by atoms with E-state index in [0.29, 0.717) is 6.04 Å². The van der Waals surface area contributed by atoms with Gasteiger partial charge in [-0.05, 0) is 62.4 Å². The molecule has 21 heavy (non-hydrogen) atoms. The summed E-state index contributed by atoms with van der Waals surface area (Å²) in [6.07, 6.45) is 9.30. The summed E-state index contributed by atoms with van der Waals surface area (Å²) in [5, 5.41) is 3.76. The van der Waals surface area contributed by atoms with E-state index in [4.69, 9.17) is 0 Å². The number of rotatable bonds is 10. The maximum Gasteiger partial charge on any atom is 0.0322 e. The molecule has 0 aromatic heterocycles. The standard InChI is InChI=1S/C20H35N/c1-6-8-9-10-11-12-20(21-13-7-2)19-15-17(4)16(3)14-18(19)5/h14-15,20-21H,6-13H2,1-5H3. The highest BCUT2D eigenvalue weighted by atomic mass is 14.9. The van der Waals surface area contributed by atoms with Crippen molar-refractivity contribution in [3.05, 3.63) is 34.4 Å². The molecule has 0 bridgehead atoms. The first-order valence-corrected chi connectivity index (χ1v) is 8.91. The summed E-state index contributed by atoms with van der Waals surface area (Å²) in [6, 6.07) is 5.29. The van der Waals surface area contributed by atoms with Gasteiger partial charge in [-0.3, -0.25) is 0 Å². The lowest BCUT2D eigenvalue weighted by Crippen LogP contribution is -2.23. The van der Waals surface area contributed by atoms with Gasteiger partial charge in [0.1, 0.15) is 0 Å². The van der Waals surface area contributed by atoms with Gasteiger partial charge in [-0.25, -0.2) is 0 Å². The summed E-state index contributed by atoms with van der Waals surface area (Å²) in [7, 11) is 0. The third-order valence-electron chi connectivity index (χ3n) is 4.49. The van der Waals surface area contributed by atoms with Gasteiger partial charge in [0, 0.05) is 6.04 Å². The number of hydrogen-bond acceptors (Lipinski definition) is 1. The summed E-state index contributed by atoms with van der Waals surface area (Å²) in [6.45, 7) is 12.4. The van der Waals surface area contributed by atoms with E-state index in [9.17, 15) is 0 Å². The Labute approximate surface area is 132 Å². The van der Waals surface area contributed by atoms with Gasteiger partial charge in [-0.15, -0.1) is 0 Å². The van der Waals surface area contributed by atoms with Gasteiger partial charge in [0.2, 0.25) is 0 Å². The normalized spacial score (nSPS) is 12.6. The lowest BCUT2D eigenvalue weighted by molar-refractivity contribution is 0.466. The molecular formula is C20H35N. The lowest BCUT2D eigenvalue weighted by Gasteiger charge is -2.22. The number of benzene rings is 1. The van der Waals surface area contributed by atoms with Crippen LogP contribution in [0.3, 0.4) is 0 Å². The topological polar surface area (TPSA) is 12.0 Å². The van der Waals surface area contributed by atoms with Gasteiger partial charge in [0.15, 0.2) is 0 Å². The number of unbranched alkanes of at least 4 members (excludes halogenated alkanes) is 4. The Balaban J connectivity index is 2.70. The van der Waals surface area contributed by atoms with Gasteiger partial charge in [0.25, 0.3) is 0 Å². The average molecular weight is 290 g/mol. The molecule has 1 atom stereocenters. The summed E-state index contributed by atoms with van der Waals surface area (Å²) in [5.74, 6) is 0. The van der Waals surface area contributed by atoms with Crippen LogP contribution >= 0.6 is 0 Å². The van der Waals surface area contributed by atoms with Crippen LogP contribution in [-0.4, -0.2) is 6.54 Å². The van der Waals surface area contributed by atoms with Gasteiger partial charge in [-0.2, -0.15) is 0 Å². The highest BCUT2D eigenvalue weighted by Crippen LogP contribution is 2.26. The van der Waals surface area contributed by atoms with Crippen molar-refractivity contribution in [3.63, 3.8) is 0 Å². The Bertz CT molecular complexity index is 409. The van der Waals surface area contributed by atoms with E-state index >= 15 is 0 Å². The SMILES string of the molecule is CCCCCCCC(NCCC)c1cc(C)c(C)cc1C. The van der Waals surface area contributed by atoms with E-state index < -0.39 is 0 Å². The van der Waals surface area contributed by atoms with Crippen molar-refractivity contribution < 1.29 is 0 Å². The molecule has 0 aliphatic carbocycles. The zero-order chi connectivity index (χ0) is 15.7. The lowest BCUT2D eigenvalue weighted by atomic mass is 9.92. The fourth-order valence-electron chi connectivity index (χ4n) is 3.00. The molecule has 0 radical (unpaired) electrons. The average Bonchev–Trinajstić information content (AvgIpc) is 2.46. The fraction of sp³-hybridized carbons (Fsp3) is 0.700. The fourth-order valence-corrected chi connectivity index (χ4v) is 3.00. The molecule has 0 saturated carbocycles. The van der Waals surface area contributed by atoms with Gasteiger partial charge in [0.05, 0.1) is 0 Å². The van der Waals surface area contributed by atoms with Gasteiger partial charge < -0.3 is 5.32 Å². The number of nitrogens with one attached hydrogen (secondary N) is 1. The van der Waals surface area contributed by atoms with Crippen molar-refractivity contribution in [2.75, 3.05) is 6.54 Å². The maximum absolute atomic E-state index is 3.76. The minimum atomic E-state index is 0.533. The van der Waals surface area contributed by atoms with Gasteiger partial charge >= 0.3 is 0 Å². The zero-order valence-electron chi connectivity index (χ0n) is 14.9. The van der Waals surface area contributed by atoms with Crippen LogP contribution in [0.1, 0.15) is 87.1 Å². The maximum atomic E-state index is 3.76. The second-order valence-electron chi connectivity index (χ2n) is 6.50. The molecule has 1 heteroatoms. The third kappa shape index (κ3) is 6.22. The Morgan fingerprint density at radius 3 is 2.14 bits per heavy atom. The predicted octanol–water partition coefficient (Wildman–Crippen LogP) is 6.01. The molecule has 1 rings (SSSR count). The van der Waals surface area contributed by atoms with Crippen LogP contribution in [0.5, 0.6) is 0 Å². The zero-order valence-corrected chi connectivity index (χ0v) is 14.9. The second-order valence-corrected chi connectivity index (χ2v) is 6.50. The van der Waals surface area contributed by atoms with Crippen LogP contribution in [0.15, 0.2) is 12.1 Å². The van der Waals surface area contributed by atoms with E-state index in [-0.39, 0.29) is 0 Å². The Hall–Kier alpha value is -0.820. The van der Waals surface area contributed by atoms with Crippen LogP contribution in [0, 0.1) is 20.8 Å².